The zero-order valence-corrected chi connectivity index (χ0v) is 13.2. The molecular weight excluding hydrogens is 296 g/mol. The smallest absolute Gasteiger partial charge is 0.333 e. The van der Waals surface area contributed by atoms with E-state index >= 15 is 0 Å². The van der Waals surface area contributed by atoms with Crippen LogP contribution in [0.5, 0.6) is 0 Å². The van der Waals surface area contributed by atoms with Crippen LogP contribution in [0.15, 0.2) is 12.2 Å². The number of thioether (sulfide) groups is 1. The number of urea groups is 1. The molecule has 7 nitrogen and oxygen atoms in total. The van der Waals surface area contributed by atoms with E-state index in [1.54, 1.807) is 11.8 Å². The summed E-state index contributed by atoms with van der Waals surface area (Å²) in [5, 5.41) is 4.78. The summed E-state index contributed by atoms with van der Waals surface area (Å²) < 4.78 is 9.68. The van der Waals surface area contributed by atoms with Crippen LogP contribution in [0.2, 0.25) is 0 Å². The Hall–Kier alpha value is -1.70. The van der Waals surface area contributed by atoms with Crippen molar-refractivity contribution in [1.82, 2.24) is 10.6 Å². The highest BCUT2D eigenvalue weighted by Crippen LogP contribution is 1.97. The Kier molecular flexibility index (Phi) is 11.1. The highest BCUT2D eigenvalue weighted by Gasteiger charge is 2.06. The van der Waals surface area contributed by atoms with Gasteiger partial charge in [-0.15, -0.1) is 0 Å². The summed E-state index contributed by atoms with van der Waals surface area (Å²) in [7, 11) is 0. The maximum atomic E-state index is 11.3. The molecule has 120 valence electrons. The van der Waals surface area contributed by atoms with Gasteiger partial charge in [0.25, 0.3) is 0 Å². The summed E-state index contributed by atoms with van der Waals surface area (Å²) in [6.45, 7) is 7.30. The van der Waals surface area contributed by atoms with Gasteiger partial charge in [0.15, 0.2) is 0 Å². The van der Waals surface area contributed by atoms with Gasteiger partial charge in [-0.25, -0.2) is 9.59 Å². The Bertz CT molecular complexity index is 374. The normalized spacial score (nSPS) is 9.62. The van der Waals surface area contributed by atoms with Gasteiger partial charge >= 0.3 is 18.0 Å². The molecule has 0 aromatic carbocycles. The molecule has 0 radical (unpaired) electrons. The molecule has 0 aromatic heterocycles. The van der Waals surface area contributed by atoms with Crippen molar-refractivity contribution >= 4 is 29.7 Å². The van der Waals surface area contributed by atoms with Crippen molar-refractivity contribution in [3.8, 4) is 0 Å². The zero-order valence-electron chi connectivity index (χ0n) is 12.4. The molecule has 0 heterocycles. The van der Waals surface area contributed by atoms with Crippen molar-refractivity contribution in [2.24, 2.45) is 0 Å². The molecule has 21 heavy (non-hydrogen) atoms. The molecule has 0 aliphatic carbocycles. The summed E-state index contributed by atoms with van der Waals surface area (Å²) in [5.41, 5.74) is 0.295. The fraction of sp³-hybridized carbons (Fsp3) is 0.615. The van der Waals surface area contributed by atoms with Crippen LogP contribution in [0.3, 0.4) is 0 Å². The standard InChI is InChI=1S/C13H22N2O5S/c1-4-21-8-7-19-11(16)9-15-13(18)14-5-6-20-12(17)10(2)3/h2,4-9H2,1,3H3,(H2,14,15,18). The maximum absolute atomic E-state index is 11.3. The van der Waals surface area contributed by atoms with Crippen molar-refractivity contribution in [2.75, 3.05) is 37.8 Å². The van der Waals surface area contributed by atoms with Gasteiger partial charge in [0.05, 0.1) is 6.54 Å². The van der Waals surface area contributed by atoms with E-state index < -0.39 is 18.0 Å². The first-order chi connectivity index (χ1) is 9.97. The molecule has 0 aliphatic heterocycles. The molecular formula is C13H22N2O5S. The molecule has 0 saturated heterocycles. The molecule has 0 aliphatic rings. The highest BCUT2D eigenvalue weighted by molar-refractivity contribution is 7.99. The number of rotatable bonds is 10. The molecule has 0 atom stereocenters. The monoisotopic (exact) mass is 318 g/mol. The summed E-state index contributed by atoms with van der Waals surface area (Å²) in [4.78, 5) is 33.6. The molecule has 8 heteroatoms. The van der Waals surface area contributed by atoms with E-state index in [0.717, 1.165) is 11.5 Å². The van der Waals surface area contributed by atoms with Crippen LogP contribution in [0, 0.1) is 0 Å². The number of ether oxygens (including phenoxy) is 2. The molecule has 0 spiro atoms. The molecule has 0 saturated carbocycles. The number of amides is 2. The van der Waals surface area contributed by atoms with Gasteiger partial charge in [0.2, 0.25) is 0 Å². The minimum absolute atomic E-state index is 0.0395. The molecule has 0 rings (SSSR count). The lowest BCUT2D eigenvalue weighted by molar-refractivity contribution is -0.141. The topological polar surface area (TPSA) is 93.7 Å². The van der Waals surface area contributed by atoms with E-state index in [4.69, 9.17) is 9.47 Å². The average Bonchev–Trinajstić information content (AvgIpc) is 2.45. The summed E-state index contributed by atoms with van der Waals surface area (Å²) in [5.74, 6) is 0.706. The predicted molar refractivity (Wildman–Crippen MR) is 81.1 cm³/mol. The lowest BCUT2D eigenvalue weighted by Crippen LogP contribution is -2.40. The molecule has 2 amide bonds. The van der Waals surface area contributed by atoms with Gasteiger partial charge in [0.1, 0.15) is 19.8 Å². The molecule has 0 unspecified atom stereocenters. The average molecular weight is 318 g/mol. The van der Waals surface area contributed by atoms with Gasteiger partial charge < -0.3 is 20.1 Å². The molecule has 0 bridgehead atoms. The number of esters is 2. The van der Waals surface area contributed by atoms with E-state index in [0.29, 0.717) is 12.2 Å². The Balaban J connectivity index is 3.55. The predicted octanol–water partition coefficient (Wildman–Crippen LogP) is 0.701. The Morgan fingerprint density at radius 3 is 2.48 bits per heavy atom. The Morgan fingerprint density at radius 1 is 1.14 bits per heavy atom. The quantitative estimate of drug-likeness (QED) is 0.350. The lowest BCUT2D eigenvalue weighted by atomic mass is 10.4. The van der Waals surface area contributed by atoms with Gasteiger partial charge in [-0.2, -0.15) is 11.8 Å². The third-order valence-corrected chi connectivity index (χ3v) is 2.92. The Morgan fingerprint density at radius 2 is 1.86 bits per heavy atom. The van der Waals surface area contributed by atoms with Gasteiger partial charge in [-0.3, -0.25) is 4.79 Å². The molecule has 0 fully saturated rings. The van der Waals surface area contributed by atoms with Gasteiger partial charge in [0, 0.05) is 11.3 Å². The maximum Gasteiger partial charge on any atom is 0.333 e. The number of carbonyl (C=O) groups excluding carboxylic acids is 3. The summed E-state index contributed by atoms with van der Waals surface area (Å²) in [6, 6.07) is -0.527. The van der Waals surface area contributed by atoms with Crippen molar-refractivity contribution in [3.63, 3.8) is 0 Å². The van der Waals surface area contributed by atoms with Crippen molar-refractivity contribution in [3.05, 3.63) is 12.2 Å². The van der Waals surface area contributed by atoms with Crippen LogP contribution in [0.25, 0.3) is 0 Å². The van der Waals surface area contributed by atoms with Crippen LogP contribution in [0.1, 0.15) is 13.8 Å². The van der Waals surface area contributed by atoms with Crippen LogP contribution < -0.4 is 10.6 Å². The second-order valence-corrected chi connectivity index (χ2v) is 5.34. The fourth-order valence-electron chi connectivity index (χ4n) is 1.06. The van der Waals surface area contributed by atoms with Crippen molar-refractivity contribution in [2.45, 2.75) is 13.8 Å². The van der Waals surface area contributed by atoms with Crippen LogP contribution in [0.4, 0.5) is 4.79 Å². The third kappa shape index (κ3) is 11.8. The van der Waals surface area contributed by atoms with E-state index in [1.165, 1.54) is 6.92 Å². The van der Waals surface area contributed by atoms with Crippen LogP contribution in [-0.4, -0.2) is 55.8 Å². The number of hydrogen-bond donors (Lipinski definition) is 2. The van der Waals surface area contributed by atoms with Gasteiger partial charge in [-0.05, 0) is 12.7 Å². The van der Waals surface area contributed by atoms with E-state index in [2.05, 4.69) is 17.2 Å². The summed E-state index contributed by atoms with van der Waals surface area (Å²) >= 11 is 1.67. The van der Waals surface area contributed by atoms with E-state index in [9.17, 15) is 14.4 Å². The van der Waals surface area contributed by atoms with Crippen molar-refractivity contribution < 1.29 is 23.9 Å². The van der Waals surface area contributed by atoms with Crippen molar-refractivity contribution in [1.29, 1.82) is 0 Å². The van der Waals surface area contributed by atoms with E-state index in [-0.39, 0.29) is 19.7 Å². The minimum Gasteiger partial charge on any atom is -0.463 e. The molecule has 2 N–H and O–H groups in total. The number of carbonyl (C=O) groups is 3. The van der Waals surface area contributed by atoms with E-state index in [1.807, 2.05) is 6.92 Å². The largest absolute Gasteiger partial charge is 0.463 e. The Labute approximate surface area is 128 Å². The minimum atomic E-state index is -0.527. The first-order valence-corrected chi connectivity index (χ1v) is 7.70. The molecule has 0 aromatic rings. The number of nitrogens with one attached hydrogen (secondary N) is 2. The lowest BCUT2D eigenvalue weighted by Gasteiger charge is -2.08. The van der Waals surface area contributed by atoms with Crippen LogP contribution in [-0.2, 0) is 19.1 Å². The first-order valence-electron chi connectivity index (χ1n) is 6.55. The van der Waals surface area contributed by atoms with Gasteiger partial charge in [-0.1, -0.05) is 13.5 Å². The SMILES string of the molecule is C=C(C)C(=O)OCCNC(=O)NCC(=O)OCCSCC. The second kappa shape index (κ2) is 12.1. The fourth-order valence-corrected chi connectivity index (χ4v) is 1.55. The number of hydrogen-bond acceptors (Lipinski definition) is 6. The summed E-state index contributed by atoms with van der Waals surface area (Å²) in [6.07, 6.45) is 0. The highest BCUT2D eigenvalue weighted by atomic mass is 32.2. The second-order valence-electron chi connectivity index (χ2n) is 3.94. The van der Waals surface area contributed by atoms with Crippen LogP contribution >= 0.6 is 11.8 Å². The zero-order chi connectivity index (χ0) is 16.1. The third-order valence-electron chi connectivity index (χ3n) is 2.06. The first kappa shape index (κ1) is 19.3.